The number of hydrogen-bond donors (Lipinski definition) is 0. The van der Waals surface area contributed by atoms with E-state index in [4.69, 9.17) is 23.2 Å². The van der Waals surface area contributed by atoms with E-state index in [1.807, 2.05) is 17.0 Å². The van der Waals surface area contributed by atoms with E-state index in [1.165, 1.54) is 0 Å². The molecule has 6 heteroatoms. The van der Waals surface area contributed by atoms with Crippen LogP contribution in [0.4, 0.5) is 18.9 Å². The molecular weight excluding hydrogens is 334 g/mol. The first-order chi connectivity index (χ1) is 10.3. The Bertz CT molecular complexity index is 713. The fraction of sp³-hybridized carbons (Fsp3) is 0.250. The number of halogens is 5. The fourth-order valence-electron chi connectivity index (χ4n) is 2.66. The van der Waals surface area contributed by atoms with E-state index >= 15 is 0 Å². The van der Waals surface area contributed by atoms with Crippen LogP contribution >= 0.6 is 23.2 Å². The maximum atomic E-state index is 12.9. The Morgan fingerprint density at radius 3 is 2.41 bits per heavy atom. The van der Waals surface area contributed by atoms with E-state index in [9.17, 15) is 13.2 Å². The van der Waals surface area contributed by atoms with Crippen LogP contribution in [0, 0.1) is 0 Å². The predicted octanol–water partition coefficient (Wildman–Crippen LogP) is 5.57. The number of rotatable bonds is 1. The summed E-state index contributed by atoms with van der Waals surface area (Å²) in [5, 5.41) is 0.765. The highest BCUT2D eigenvalue weighted by molar-refractivity contribution is 6.31. The molecule has 0 saturated carbocycles. The van der Waals surface area contributed by atoms with Crippen molar-refractivity contribution in [2.45, 2.75) is 19.1 Å². The number of nitrogens with zero attached hydrogens (tertiary/aromatic N) is 1. The molecule has 1 aliphatic rings. The van der Waals surface area contributed by atoms with Gasteiger partial charge in [0.25, 0.3) is 0 Å². The molecular formula is C16H12Cl2F3N. The second kappa shape index (κ2) is 5.67. The SMILES string of the molecule is FC(F)(F)c1cc(Cl)cc(N2CCc3cc(Cl)ccc3C2)c1. The molecule has 1 nitrogen and oxygen atoms in total. The van der Waals surface area contributed by atoms with Crippen LogP contribution in [-0.4, -0.2) is 6.54 Å². The van der Waals surface area contributed by atoms with Crippen LogP contribution in [0.1, 0.15) is 16.7 Å². The summed E-state index contributed by atoms with van der Waals surface area (Å²) in [4.78, 5) is 1.90. The normalized spacial score (nSPS) is 14.9. The van der Waals surface area contributed by atoms with Gasteiger partial charge >= 0.3 is 6.18 Å². The molecule has 0 unspecified atom stereocenters. The van der Waals surface area contributed by atoms with Gasteiger partial charge in [-0.3, -0.25) is 0 Å². The minimum Gasteiger partial charge on any atom is -0.367 e. The summed E-state index contributed by atoms with van der Waals surface area (Å²) in [6.07, 6.45) is -3.66. The van der Waals surface area contributed by atoms with Crippen LogP contribution in [0.2, 0.25) is 10.0 Å². The van der Waals surface area contributed by atoms with E-state index in [1.54, 1.807) is 12.1 Å². The van der Waals surface area contributed by atoms with Crippen molar-refractivity contribution in [2.24, 2.45) is 0 Å². The Kier molecular flexibility index (Phi) is 4.00. The van der Waals surface area contributed by atoms with Gasteiger partial charge in [0.05, 0.1) is 5.56 Å². The Hall–Kier alpha value is -1.39. The predicted molar refractivity (Wildman–Crippen MR) is 82.7 cm³/mol. The Balaban J connectivity index is 1.93. The molecule has 0 aromatic heterocycles. The third kappa shape index (κ3) is 3.18. The van der Waals surface area contributed by atoms with Crippen LogP contribution in [0.5, 0.6) is 0 Å². The van der Waals surface area contributed by atoms with Gasteiger partial charge in [0.2, 0.25) is 0 Å². The Morgan fingerprint density at radius 2 is 1.68 bits per heavy atom. The zero-order chi connectivity index (χ0) is 15.9. The van der Waals surface area contributed by atoms with Crippen molar-refractivity contribution in [2.75, 3.05) is 11.4 Å². The molecule has 0 atom stereocenters. The smallest absolute Gasteiger partial charge is 0.367 e. The van der Waals surface area contributed by atoms with Gasteiger partial charge in [0.1, 0.15) is 0 Å². The van der Waals surface area contributed by atoms with Gasteiger partial charge in [-0.15, -0.1) is 0 Å². The van der Waals surface area contributed by atoms with Gasteiger partial charge in [-0.25, -0.2) is 0 Å². The average Bonchev–Trinajstić information content (AvgIpc) is 2.45. The second-order valence-corrected chi connectivity index (χ2v) is 6.15. The lowest BCUT2D eigenvalue weighted by Gasteiger charge is -2.31. The number of fused-ring (bicyclic) bond motifs is 1. The molecule has 2 aromatic rings. The summed E-state index contributed by atoms with van der Waals surface area (Å²) in [5.41, 5.74) is 1.98. The summed E-state index contributed by atoms with van der Waals surface area (Å²) in [5.74, 6) is 0. The first-order valence-electron chi connectivity index (χ1n) is 6.73. The van der Waals surface area contributed by atoms with Crippen molar-refractivity contribution >= 4 is 28.9 Å². The van der Waals surface area contributed by atoms with Crippen molar-refractivity contribution < 1.29 is 13.2 Å². The number of benzene rings is 2. The standard InChI is InChI=1S/C16H12Cl2F3N/c17-13-2-1-11-9-22(4-3-10(11)5-13)15-7-12(16(19,20)21)6-14(18)8-15/h1-2,5-8H,3-4,9H2. The van der Waals surface area contributed by atoms with Crippen molar-refractivity contribution in [1.82, 2.24) is 0 Å². The van der Waals surface area contributed by atoms with E-state index in [-0.39, 0.29) is 5.02 Å². The van der Waals surface area contributed by atoms with Crippen molar-refractivity contribution in [3.8, 4) is 0 Å². The summed E-state index contributed by atoms with van der Waals surface area (Å²) >= 11 is 11.8. The molecule has 0 radical (unpaired) electrons. The van der Waals surface area contributed by atoms with Gasteiger partial charge in [-0.1, -0.05) is 29.3 Å². The fourth-order valence-corrected chi connectivity index (χ4v) is 3.09. The topological polar surface area (TPSA) is 3.24 Å². The maximum absolute atomic E-state index is 12.9. The van der Waals surface area contributed by atoms with Gasteiger partial charge in [-0.2, -0.15) is 13.2 Å². The molecule has 0 amide bonds. The highest BCUT2D eigenvalue weighted by Crippen LogP contribution is 2.35. The number of hydrogen-bond acceptors (Lipinski definition) is 1. The molecule has 0 N–H and O–H groups in total. The maximum Gasteiger partial charge on any atom is 0.416 e. The molecule has 1 aliphatic heterocycles. The molecule has 0 fully saturated rings. The lowest BCUT2D eigenvalue weighted by atomic mass is 9.99. The lowest BCUT2D eigenvalue weighted by molar-refractivity contribution is -0.137. The second-order valence-electron chi connectivity index (χ2n) is 5.28. The summed E-state index contributed by atoms with van der Waals surface area (Å²) in [6, 6.07) is 9.28. The van der Waals surface area contributed by atoms with Gasteiger partial charge in [-0.05, 0) is 47.9 Å². The van der Waals surface area contributed by atoms with Gasteiger partial charge in [0, 0.05) is 28.8 Å². The summed E-state index contributed by atoms with van der Waals surface area (Å²) in [7, 11) is 0. The van der Waals surface area contributed by atoms with Crippen LogP contribution in [0.3, 0.4) is 0 Å². The van der Waals surface area contributed by atoms with E-state index in [0.29, 0.717) is 23.8 Å². The third-order valence-corrected chi connectivity index (χ3v) is 4.21. The minimum atomic E-state index is -4.40. The molecule has 0 spiro atoms. The molecule has 3 rings (SSSR count). The Morgan fingerprint density at radius 1 is 0.909 bits per heavy atom. The highest BCUT2D eigenvalue weighted by Gasteiger charge is 2.32. The largest absolute Gasteiger partial charge is 0.416 e. The van der Waals surface area contributed by atoms with E-state index in [2.05, 4.69) is 0 Å². The molecule has 0 saturated heterocycles. The molecule has 0 aliphatic carbocycles. The van der Waals surface area contributed by atoms with Crippen LogP contribution in [0.15, 0.2) is 36.4 Å². The number of anilines is 1. The molecule has 2 aromatic carbocycles. The van der Waals surface area contributed by atoms with E-state index < -0.39 is 11.7 Å². The van der Waals surface area contributed by atoms with Crippen LogP contribution in [0.25, 0.3) is 0 Å². The van der Waals surface area contributed by atoms with Gasteiger partial charge < -0.3 is 4.90 Å². The average molecular weight is 346 g/mol. The van der Waals surface area contributed by atoms with E-state index in [0.717, 1.165) is 29.7 Å². The third-order valence-electron chi connectivity index (χ3n) is 3.76. The zero-order valence-electron chi connectivity index (χ0n) is 11.4. The summed E-state index contributed by atoms with van der Waals surface area (Å²) < 4.78 is 38.7. The van der Waals surface area contributed by atoms with Crippen molar-refractivity contribution in [3.63, 3.8) is 0 Å². The summed E-state index contributed by atoms with van der Waals surface area (Å²) in [6.45, 7) is 1.18. The van der Waals surface area contributed by atoms with Gasteiger partial charge in [0.15, 0.2) is 0 Å². The molecule has 0 bridgehead atoms. The first-order valence-corrected chi connectivity index (χ1v) is 7.48. The zero-order valence-corrected chi connectivity index (χ0v) is 12.9. The quantitative estimate of drug-likeness (QED) is 0.652. The molecule has 116 valence electrons. The number of alkyl halides is 3. The monoisotopic (exact) mass is 345 g/mol. The Labute approximate surface area is 136 Å². The lowest BCUT2D eigenvalue weighted by Crippen LogP contribution is -2.30. The van der Waals surface area contributed by atoms with Crippen LogP contribution in [-0.2, 0) is 19.1 Å². The minimum absolute atomic E-state index is 0.0896. The highest BCUT2D eigenvalue weighted by atomic mass is 35.5. The van der Waals surface area contributed by atoms with Crippen LogP contribution < -0.4 is 4.90 Å². The van der Waals surface area contributed by atoms with Crippen molar-refractivity contribution in [3.05, 3.63) is 63.1 Å². The van der Waals surface area contributed by atoms with Crippen molar-refractivity contribution in [1.29, 1.82) is 0 Å². The first kappa shape index (κ1) is 15.5. The molecule has 22 heavy (non-hydrogen) atoms. The molecule has 1 heterocycles.